The third-order valence-electron chi connectivity index (χ3n) is 1.35. The van der Waals surface area contributed by atoms with E-state index in [2.05, 4.69) is 4.84 Å². The van der Waals surface area contributed by atoms with Crippen molar-refractivity contribution in [1.29, 1.82) is 0 Å². The van der Waals surface area contributed by atoms with Crippen LogP contribution in [0.25, 0.3) is 0 Å². The van der Waals surface area contributed by atoms with Gasteiger partial charge in [-0.15, -0.1) is 0 Å². The van der Waals surface area contributed by atoms with Crippen LogP contribution in [0.2, 0.25) is 0 Å². The number of anilines is 2. The molecule has 0 saturated carbocycles. The van der Waals surface area contributed by atoms with Crippen LogP contribution in [0, 0.1) is 6.92 Å². The molecule has 10 heavy (non-hydrogen) atoms. The quantitative estimate of drug-likeness (QED) is 0.483. The molecular formula is C7H9ClN2. The Labute approximate surface area is 65.1 Å². The molecule has 3 N–H and O–H groups in total. The molecule has 1 rings (SSSR count). The first-order valence-corrected chi connectivity index (χ1v) is 3.34. The maximum atomic E-state index is 5.51. The van der Waals surface area contributed by atoms with Gasteiger partial charge in [0, 0.05) is 17.5 Å². The van der Waals surface area contributed by atoms with Gasteiger partial charge < -0.3 is 5.73 Å². The van der Waals surface area contributed by atoms with E-state index in [1.807, 2.05) is 19.1 Å². The molecule has 1 aromatic rings. The maximum Gasteiger partial charge on any atom is 0.0522 e. The van der Waals surface area contributed by atoms with Crippen LogP contribution in [0.4, 0.5) is 11.4 Å². The van der Waals surface area contributed by atoms with Crippen molar-refractivity contribution in [2.45, 2.75) is 6.92 Å². The lowest BCUT2D eigenvalue weighted by Crippen LogP contribution is -1.88. The van der Waals surface area contributed by atoms with Crippen molar-refractivity contribution in [2.75, 3.05) is 10.6 Å². The highest BCUT2D eigenvalue weighted by atomic mass is 35.5. The molecule has 0 amide bonds. The molecule has 0 saturated heterocycles. The van der Waals surface area contributed by atoms with Crippen molar-refractivity contribution >= 4 is 23.2 Å². The summed E-state index contributed by atoms with van der Waals surface area (Å²) < 4.78 is 0. The van der Waals surface area contributed by atoms with E-state index in [1.54, 1.807) is 6.07 Å². The van der Waals surface area contributed by atoms with E-state index in [9.17, 15) is 0 Å². The number of rotatable bonds is 1. The summed E-state index contributed by atoms with van der Waals surface area (Å²) in [7, 11) is 0. The van der Waals surface area contributed by atoms with E-state index >= 15 is 0 Å². The predicted octanol–water partition coefficient (Wildman–Crippen LogP) is 2.14. The third kappa shape index (κ3) is 1.33. The predicted molar refractivity (Wildman–Crippen MR) is 45.1 cm³/mol. The number of nitrogens with one attached hydrogen (secondary N) is 1. The molecule has 0 bridgehead atoms. The van der Waals surface area contributed by atoms with Crippen LogP contribution in [0.15, 0.2) is 18.2 Å². The summed E-state index contributed by atoms with van der Waals surface area (Å²) in [6.07, 6.45) is 0. The van der Waals surface area contributed by atoms with Crippen molar-refractivity contribution < 1.29 is 0 Å². The summed E-state index contributed by atoms with van der Waals surface area (Å²) >= 11 is 5.39. The summed E-state index contributed by atoms with van der Waals surface area (Å²) in [6.45, 7) is 1.95. The van der Waals surface area contributed by atoms with Gasteiger partial charge in [0.25, 0.3) is 0 Å². The molecule has 0 heterocycles. The van der Waals surface area contributed by atoms with Crippen molar-refractivity contribution in [3.63, 3.8) is 0 Å². The minimum absolute atomic E-state index is 0.758. The summed E-state index contributed by atoms with van der Waals surface area (Å²) in [5.41, 5.74) is 8.22. The number of halogens is 1. The molecule has 54 valence electrons. The van der Waals surface area contributed by atoms with E-state index in [0.717, 1.165) is 16.9 Å². The minimum atomic E-state index is 0.758. The normalized spacial score (nSPS) is 9.40. The Kier molecular flexibility index (Phi) is 2.02. The molecular weight excluding hydrogens is 148 g/mol. The number of benzene rings is 1. The van der Waals surface area contributed by atoms with Gasteiger partial charge in [0.2, 0.25) is 0 Å². The molecule has 0 spiro atoms. The lowest BCUT2D eigenvalue weighted by Gasteiger charge is -2.02. The van der Waals surface area contributed by atoms with Crippen LogP contribution in [0.3, 0.4) is 0 Å². The van der Waals surface area contributed by atoms with Gasteiger partial charge in [-0.2, -0.15) is 0 Å². The Balaban J connectivity index is 3.07. The van der Waals surface area contributed by atoms with E-state index < -0.39 is 0 Å². The fourth-order valence-corrected chi connectivity index (χ4v) is 1.00. The smallest absolute Gasteiger partial charge is 0.0522 e. The van der Waals surface area contributed by atoms with Gasteiger partial charge in [-0.05, 0) is 30.7 Å². The third-order valence-corrected chi connectivity index (χ3v) is 1.56. The zero-order valence-electron chi connectivity index (χ0n) is 5.69. The molecule has 0 aromatic heterocycles. The molecule has 0 aliphatic carbocycles. The number of hydrogen-bond acceptors (Lipinski definition) is 2. The van der Waals surface area contributed by atoms with Crippen LogP contribution in [0.5, 0.6) is 0 Å². The fraction of sp³-hybridized carbons (Fsp3) is 0.143. The molecule has 0 atom stereocenters. The van der Waals surface area contributed by atoms with Crippen LogP contribution < -0.4 is 10.6 Å². The summed E-state index contributed by atoms with van der Waals surface area (Å²) in [4.78, 5) is 2.54. The first-order chi connectivity index (χ1) is 4.74. The maximum absolute atomic E-state index is 5.51. The SMILES string of the molecule is Cc1cc(N)ccc1NCl. The molecule has 0 aliphatic heterocycles. The average Bonchev–Trinajstić information content (AvgIpc) is 1.88. The lowest BCUT2D eigenvalue weighted by molar-refractivity contribution is 1.47. The van der Waals surface area contributed by atoms with E-state index in [4.69, 9.17) is 17.5 Å². The lowest BCUT2D eigenvalue weighted by atomic mass is 10.2. The monoisotopic (exact) mass is 156 g/mol. The Morgan fingerprint density at radius 2 is 2.20 bits per heavy atom. The van der Waals surface area contributed by atoms with Gasteiger partial charge in [-0.25, -0.2) is 0 Å². The van der Waals surface area contributed by atoms with Crippen molar-refractivity contribution in [1.82, 2.24) is 0 Å². The number of nitrogen functional groups attached to an aromatic ring is 1. The van der Waals surface area contributed by atoms with Crippen molar-refractivity contribution in [3.8, 4) is 0 Å². The van der Waals surface area contributed by atoms with Crippen LogP contribution in [-0.2, 0) is 0 Å². The second-order valence-corrected chi connectivity index (χ2v) is 2.36. The molecule has 0 radical (unpaired) electrons. The summed E-state index contributed by atoms with van der Waals surface area (Å²) in [6, 6.07) is 5.51. The van der Waals surface area contributed by atoms with Crippen molar-refractivity contribution in [2.24, 2.45) is 0 Å². The Bertz CT molecular complexity index is 235. The largest absolute Gasteiger partial charge is 0.399 e. The van der Waals surface area contributed by atoms with Crippen molar-refractivity contribution in [3.05, 3.63) is 23.8 Å². The van der Waals surface area contributed by atoms with Gasteiger partial charge in [-0.3, -0.25) is 4.84 Å². The fourth-order valence-electron chi connectivity index (χ4n) is 0.793. The van der Waals surface area contributed by atoms with Crippen LogP contribution in [0.1, 0.15) is 5.56 Å². The van der Waals surface area contributed by atoms with Gasteiger partial charge in [-0.1, -0.05) is 0 Å². The summed E-state index contributed by atoms with van der Waals surface area (Å²) in [5.74, 6) is 0. The van der Waals surface area contributed by atoms with E-state index in [-0.39, 0.29) is 0 Å². The number of hydrogen-bond donors (Lipinski definition) is 2. The standard InChI is InChI=1S/C7H9ClN2/c1-5-4-6(9)2-3-7(5)10-8/h2-4,10H,9H2,1H3. The number of nitrogens with two attached hydrogens (primary N) is 1. The molecule has 1 aromatic carbocycles. The molecule has 0 unspecified atom stereocenters. The molecule has 2 nitrogen and oxygen atoms in total. The number of aryl methyl sites for hydroxylation is 1. The van der Waals surface area contributed by atoms with Gasteiger partial charge >= 0.3 is 0 Å². The van der Waals surface area contributed by atoms with E-state index in [0.29, 0.717) is 0 Å². The van der Waals surface area contributed by atoms with Gasteiger partial charge in [0.1, 0.15) is 0 Å². The first-order valence-electron chi connectivity index (χ1n) is 2.97. The zero-order chi connectivity index (χ0) is 7.56. The van der Waals surface area contributed by atoms with Gasteiger partial charge in [0.05, 0.1) is 5.69 Å². The van der Waals surface area contributed by atoms with E-state index in [1.165, 1.54) is 0 Å². The Morgan fingerprint density at radius 1 is 1.50 bits per heavy atom. The first kappa shape index (κ1) is 7.22. The van der Waals surface area contributed by atoms with Crippen LogP contribution >= 0.6 is 11.8 Å². The Hall–Kier alpha value is -0.890. The second-order valence-electron chi connectivity index (χ2n) is 2.17. The highest BCUT2D eigenvalue weighted by Gasteiger charge is 1.94. The highest BCUT2D eigenvalue weighted by Crippen LogP contribution is 2.17. The van der Waals surface area contributed by atoms with Gasteiger partial charge in [0.15, 0.2) is 0 Å². The zero-order valence-corrected chi connectivity index (χ0v) is 6.44. The second kappa shape index (κ2) is 2.80. The topological polar surface area (TPSA) is 38.0 Å². The van der Waals surface area contributed by atoms with Crippen LogP contribution in [-0.4, -0.2) is 0 Å². The molecule has 0 aliphatic rings. The molecule has 3 heteroatoms. The summed E-state index contributed by atoms with van der Waals surface area (Å²) in [5, 5.41) is 0. The minimum Gasteiger partial charge on any atom is -0.399 e. The Morgan fingerprint density at radius 3 is 2.70 bits per heavy atom. The molecule has 0 fully saturated rings. The average molecular weight is 157 g/mol. The highest BCUT2D eigenvalue weighted by molar-refractivity contribution is 6.24.